The third kappa shape index (κ3) is 3.82. The number of hydrogen-bond acceptors (Lipinski definition) is 3. The minimum Gasteiger partial charge on any atom is -0.381 e. The van der Waals surface area contributed by atoms with Gasteiger partial charge in [0.2, 0.25) is 5.91 Å². The molecular formula is C16H22BrClN2O2. The first-order valence-corrected chi connectivity index (χ1v) is 8.36. The van der Waals surface area contributed by atoms with E-state index in [9.17, 15) is 4.79 Å². The van der Waals surface area contributed by atoms with Gasteiger partial charge >= 0.3 is 0 Å². The monoisotopic (exact) mass is 388 g/mol. The number of fused-ring (bicyclic) bond motifs is 1. The van der Waals surface area contributed by atoms with E-state index in [0.29, 0.717) is 13.2 Å². The first-order chi connectivity index (χ1) is 10.1. The number of nitrogens with one attached hydrogen (secondary N) is 1. The highest BCUT2D eigenvalue weighted by molar-refractivity contribution is 9.10. The number of carbonyl (C=O) groups is 1. The van der Waals surface area contributed by atoms with Gasteiger partial charge in [-0.1, -0.05) is 22.0 Å². The Hall–Kier alpha value is -0.620. The van der Waals surface area contributed by atoms with E-state index in [0.717, 1.165) is 30.2 Å². The first-order valence-electron chi connectivity index (χ1n) is 7.57. The average Bonchev–Trinajstić information content (AvgIpc) is 2.89. The van der Waals surface area contributed by atoms with Gasteiger partial charge < -0.3 is 15.8 Å². The second-order valence-electron chi connectivity index (χ2n) is 5.92. The summed E-state index contributed by atoms with van der Waals surface area (Å²) in [6.45, 7) is 1.43. The molecule has 1 saturated heterocycles. The molecule has 0 saturated carbocycles. The Morgan fingerprint density at radius 1 is 1.32 bits per heavy atom. The summed E-state index contributed by atoms with van der Waals surface area (Å²) in [6.07, 6.45) is 3.72. The van der Waals surface area contributed by atoms with Crippen LogP contribution in [0.15, 0.2) is 22.7 Å². The number of benzene rings is 1. The van der Waals surface area contributed by atoms with Gasteiger partial charge in [0, 0.05) is 17.7 Å². The molecule has 2 aliphatic rings. The van der Waals surface area contributed by atoms with Gasteiger partial charge in [0.05, 0.1) is 12.1 Å². The molecule has 3 N–H and O–H groups in total. The number of ether oxygens (including phenoxy) is 1. The Kier molecular flexibility index (Phi) is 6.26. The van der Waals surface area contributed by atoms with Gasteiger partial charge in [-0.2, -0.15) is 0 Å². The predicted molar refractivity (Wildman–Crippen MR) is 92.1 cm³/mol. The lowest BCUT2D eigenvalue weighted by Gasteiger charge is -2.28. The topological polar surface area (TPSA) is 64.4 Å². The quantitative estimate of drug-likeness (QED) is 0.835. The number of amides is 1. The molecule has 0 aromatic heterocycles. The number of rotatable bonds is 3. The van der Waals surface area contributed by atoms with Crippen molar-refractivity contribution in [2.45, 2.75) is 37.8 Å². The van der Waals surface area contributed by atoms with Crippen LogP contribution in [0.3, 0.4) is 0 Å². The lowest BCUT2D eigenvalue weighted by molar-refractivity contribution is -0.125. The van der Waals surface area contributed by atoms with Crippen molar-refractivity contribution in [3.8, 4) is 0 Å². The maximum atomic E-state index is 12.4. The van der Waals surface area contributed by atoms with Crippen LogP contribution in [0.2, 0.25) is 0 Å². The second-order valence-corrected chi connectivity index (χ2v) is 6.83. The Balaban J connectivity index is 0.00000176. The Morgan fingerprint density at radius 3 is 2.77 bits per heavy atom. The Morgan fingerprint density at radius 2 is 2.05 bits per heavy atom. The van der Waals surface area contributed by atoms with Crippen LogP contribution in [0.25, 0.3) is 0 Å². The third-order valence-electron chi connectivity index (χ3n) is 4.58. The van der Waals surface area contributed by atoms with Crippen molar-refractivity contribution in [2.75, 3.05) is 13.2 Å². The maximum absolute atomic E-state index is 12.4. The van der Waals surface area contributed by atoms with E-state index >= 15 is 0 Å². The van der Waals surface area contributed by atoms with Gasteiger partial charge in [0.15, 0.2) is 0 Å². The molecule has 4 nitrogen and oxygen atoms in total. The van der Waals surface area contributed by atoms with E-state index in [-0.39, 0.29) is 30.3 Å². The number of aryl methyl sites for hydroxylation is 1. The van der Waals surface area contributed by atoms with Gasteiger partial charge in [-0.25, -0.2) is 0 Å². The summed E-state index contributed by atoms with van der Waals surface area (Å²) in [6, 6.07) is 5.94. The highest BCUT2D eigenvalue weighted by Gasteiger charge is 2.30. The lowest BCUT2D eigenvalue weighted by Crippen LogP contribution is -2.47. The minimum absolute atomic E-state index is 0. The zero-order valence-electron chi connectivity index (χ0n) is 12.4. The number of hydrogen-bond donors (Lipinski definition) is 2. The predicted octanol–water partition coefficient (Wildman–Crippen LogP) is 2.73. The molecule has 1 fully saturated rings. The zero-order valence-corrected chi connectivity index (χ0v) is 14.8. The summed E-state index contributed by atoms with van der Waals surface area (Å²) in [5.74, 6) is 0.215. The van der Waals surface area contributed by atoms with Crippen LogP contribution in [0, 0.1) is 5.92 Å². The SMILES string of the molecule is Cl.NC(C(=O)NC1CCc2cc(Br)ccc21)C1CCOCC1. The van der Waals surface area contributed by atoms with Crippen LogP contribution in [0.5, 0.6) is 0 Å². The Labute approximate surface area is 145 Å². The molecule has 122 valence electrons. The Bertz CT molecular complexity index is 535. The molecule has 2 unspecified atom stereocenters. The lowest BCUT2D eigenvalue weighted by atomic mass is 9.91. The molecule has 2 atom stereocenters. The third-order valence-corrected chi connectivity index (χ3v) is 5.07. The van der Waals surface area contributed by atoms with Gasteiger partial charge in [-0.05, 0) is 54.9 Å². The van der Waals surface area contributed by atoms with Crippen molar-refractivity contribution in [1.82, 2.24) is 5.32 Å². The highest BCUT2D eigenvalue weighted by atomic mass is 79.9. The second kappa shape index (κ2) is 7.77. The molecule has 0 spiro atoms. The normalized spacial score (nSPS) is 22.5. The fourth-order valence-corrected chi connectivity index (χ4v) is 3.70. The summed E-state index contributed by atoms with van der Waals surface area (Å²) in [7, 11) is 0. The van der Waals surface area contributed by atoms with Gasteiger partial charge in [-0.3, -0.25) is 4.79 Å². The van der Waals surface area contributed by atoms with Crippen molar-refractivity contribution in [1.29, 1.82) is 0 Å². The molecule has 6 heteroatoms. The van der Waals surface area contributed by atoms with Gasteiger partial charge in [-0.15, -0.1) is 12.4 Å². The van der Waals surface area contributed by atoms with Crippen LogP contribution >= 0.6 is 28.3 Å². The van der Waals surface area contributed by atoms with Crippen molar-refractivity contribution >= 4 is 34.2 Å². The zero-order chi connectivity index (χ0) is 14.8. The van der Waals surface area contributed by atoms with E-state index in [2.05, 4.69) is 33.4 Å². The molecular weight excluding hydrogens is 368 g/mol. The van der Waals surface area contributed by atoms with Gasteiger partial charge in [0.1, 0.15) is 0 Å². The summed E-state index contributed by atoms with van der Waals surface area (Å²) in [5.41, 5.74) is 8.68. The first kappa shape index (κ1) is 17.7. The molecule has 1 heterocycles. The molecule has 22 heavy (non-hydrogen) atoms. The van der Waals surface area contributed by atoms with Crippen LogP contribution < -0.4 is 11.1 Å². The number of halogens is 2. The van der Waals surface area contributed by atoms with Crippen molar-refractivity contribution < 1.29 is 9.53 Å². The van der Waals surface area contributed by atoms with Crippen LogP contribution in [0.1, 0.15) is 36.4 Å². The van der Waals surface area contributed by atoms with E-state index in [1.807, 2.05) is 6.07 Å². The molecule has 0 radical (unpaired) electrons. The molecule has 1 aliphatic carbocycles. The fraction of sp³-hybridized carbons (Fsp3) is 0.562. The van der Waals surface area contributed by atoms with Crippen molar-refractivity contribution in [3.05, 3.63) is 33.8 Å². The van der Waals surface area contributed by atoms with Crippen LogP contribution in [-0.2, 0) is 16.0 Å². The molecule has 1 aromatic rings. The van der Waals surface area contributed by atoms with Crippen LogP contribution in [0.4, 0.5) is 0 Å². The van der Waals surface area contributed by atoms with E-state index in [1.54, 1.807) is 0 Å². The highest BCUT2D eigenvalue weighted by Crippen LogP contribution is 2.33. The summed E-state index contributed by atoms with van der Waals surface area (Å²) in [4.78, 5) is 12.4. The largest absolute Gasteiger partial charge is 0.381 e. The fourth-order valence-electron chi connectivity index (χ4n) is 3.29. The van der Waals surface area contributed by atoms with Crippen LogP contribution in [-0.4, -0.2) is 25.2 Å². The molecule has 1 aromatic carbocycles. The van der Waals surface area contributed by atoms with E-state index in [4.69, 9.17) is 10.5 Å². The molecule has 0 bridgehead atoms. The van der Waals surface area contributed by atoms with Crippen molar-refractivity contribution in [2.24, 2.45) is 11.7 Å². The maximum Gasteiger partial charge on any atom is 0.237 e. The average molecular weight is 390 g/mol. The molecule has 1 amide bonds. The van der Waals surface area contributed by atoms with E-state index in [1.165, 1.54) is 11.1 Å². The van der Waals surface area contributed by atoms with E-state index < -0.39 is 6.04 Å². The standard InChI is InChI=1S/C16H21BrN2O2.ClH/c17-12-2-3-13-11(9-12)1-4-14(13)19-16(20)15(18)10-5-7-21-8-6-10;/h2-3,9-10,14-15H,1,4-8,18H2,(H,19,20);1H. The summed E-state index contributed by atoms with van der Waals surface area (Å²) >= 11 is 3.49. The molecule has 3 rings (SSSR count). The number of nitrogens with two attached hydrogens (primary N) is 1. The summed E-state index contributed by atoms with van der Waals surface area (Å²) < 4.78 is 6.42. The van der Waals surface area contributed by atoms with Gasteiger partial charge in [0.25, 0.3) is 0 Å². The molecule has 1 aliphatic heterocycles. The smallest absolute Gasteiger partial charge is 0.237 e. The summed E-state index contributed by atoms with van der Waals surface area (Å²) in [5, 5.41) is 3.13. The van der Waals surface area contributed by atoms with Crippen molar-refractivity contribution in [3.63, 3.8) is 0 Å². The number of carbonyl (C=O) groups excluding carboxylic acids is 1. The minimum atomic E-state index is -0.423.